The Morgan fingerprint density at radius 3 is 2.96 bits per heavy atom. The first-order chi connectivity index (χ1) is 12.7. The molecule has 2 aromatic rings. The lowest BCUT2D eigenvalue weighted by molar-refractivity contribution is -0.136. The van der Waals surface area contributed by atoms with E-state index < -0.39 is 0 Å². The molecule has 5 rings (SSSR count). The molecule has 3 atom stereocenters. The zero-order valence-corrected chi connectivity index (χ0v) is 14.7. The van der Waals surface area contributed by atoms with Gasteiger partial charge in [-0.3, -0.25) is 4.79 Å². The van der Waals surface area contributed by atoms with E-state index in [1.807, 2.05) is 11.0 Å². The maximum atomic E-state index is 13.7. The molecule has 1 heterocycles. The Bertz CT molecular complexity index is 867. The van der Waals surface area contributed by atoms with Crippen molar-refractivity contribution in [1.29, 1.82) is 0 Å². The Kier molecular flexibility index (Phi) is 3.64. The van der Waals surface area contributed by atoms with Crippen molar-refractivity contribution in [3.8, 4) is 0 Å². The van der Waals surface area contributed by atoms with Crippen LogP contribution >= 0.6 is 0 Å². The Balaban J connectivity index is 1.42. The van der Waals surface area contributed by atoms with Gasteiger partial charge in [-0.15, -0.1) is 0 Å². The average molecular weight is 350 g/mol. The molecule has 3 nitrogen and oxygen atoms in total. The van der Waals surface area contributed by atoms with Gasteiger partial charge in [-0.05, 0) is 48.1 Å². The summed E-state index contributed by atoms with van der Waals surface area (Å²) in [7, 11) is 0. The molecule has 2 aliphatic carbocycles. The zero-order chi connectivity index (χ0) is 17.7. The minimum Gasteiger partial charge on any atom is -0.333 e. The number of benzene rings is 2. The summed E-state index contributed by atoms with van der Waals surface area (Å²) >= 11 is 0. The third kappa shape index (κ3) is 2.39. The van der Waals surface area contributed by atoms with Gasteiger partial charge in [-0.25, -0.2) is 4.39 Å². The van der Waals surface area contributed by atoms with E-state index in [1.54, 1.807) is 12.1 Å². The van der Waals surface area contributed by atoms with Gasteiger partial charge in [0.1, 0.15) is 5.82 Å². The minimum absolute atomic E-state index is 0.0606. The number of hydrogen-bond donors (Lipinski definition) is 1. The van der Waals surface area contributed by atoms with Gasteiger partial charge in [0.05, 0.1) is 6.04 Å². The fraction of sp³-hybridized carbons (Fsp3) is 0.409. The topological polar surface area (TPSA) is 32.3 Å². The molecule has 0 radical (unpaired) electrons. The number of amides is 1. The van der Waals surface area contributed by atoms with E-state index in [0.717, 1.165) is 31.4 Å². The molecule has 134 valence electrons. The van der Waals surface area contributed by atoms with Crippen LogP contribution in [0.25, 0.3) is 0 Å². The van der Waals surface area contributed by atoms with E-state index in [2.05, 4.69) is 29.6 Å². The summed E-state index contributed by atoms with van der Waals surface area (Å²) in [6, 6.07) is 15.2. The molecule has 26 heavy (non-hydrogen) atoms. The molecule has 4 heteroatoms. The van der Waals surface area contributed by atoms with Crippen molar-refractivity contribution in [3.63, 3.8) is 0 Å². The van der Waals surface area contributed by atoms with Gasteiger partial charge >= 0.3 is 0 Å². The number of nitrogens with one attached hydrogen (secondary N) is 1. The number of carbonyl (C=O) groups excluding carboxylic acids is 1. The molecular formula is C22H23FN2O. The molecule has 1 N–H and O–H groups in total. The number of aryl methyl sites for hydroxylation is 1. The van der Waals surface area contributed by atoms with Crippen molar-refractivity contribution in [1.82, 2.24) is 10.2 Å². The summed E-state index contributed by atoms with van der Waals surface area (Å²) in [5.74, 6) is 0.0888. The van der Waals surface area contributed by atoms with Crippen LogP contribution in [0.15, 0.2) is 48.5 Å². The first kappa shape index (κ1) is 16.0. The van der Waals surface area contributed by atoms with Crippen LogP contribution < -0.4 is 5.32 Å². The Hall–Kier alpha value is -2.20. The van der Waals surface area contributed by atoms with Gasteiger partial charge < -0.3 is 10.2 Å². The van der Waals surface area contributed by atoms with E-state index in [1.165, 1.54) is 17.2 Å². The lowest BCUT2D eigenvalue weighted by Gasteiger charge is -2.37. The van der Waals surface area contributed by atoms with Crippen molar-refractivity contribution < 1.29 is 9.18 Å². The number of nitrogens with zero attached hydrogens (tertiary/aromatic N) is 1. The van der Waals surface area contributed by atoms with Crippen molar-refractivity contribution in [2.24, 2.45) is 5.92 Å². The Labute approximate surface area is 153 Å². The van der Waals surface area contributed by atoms with E-state index >= 15 is 0 Å². The monoisotopic (exact) mass is 350 g/mol. The number of hydrogen-bond acceptors (Lipinski definition) is 2. The summed E-state index contributed by atoms with van der Waals surface area (Å²) < 4.78 is 13.7. The average Bonchev–Trinajstić information content (AvgIpc) is 3.30. The highest BCUT2D eigenvalue weighted by molar-refractivity contribution is 5.85. The highest BCUT2D eigenvalue weighted by atomic mass is 19.1. The molecule has 0 bridgehead atoms. The first-order valence-corrected chi connectivity index (χ1v) is 9.54. The molecule has 1 saturated carbocycles. The smallest absolute Gasteiger partial charge is 0.227 e. The van der Waals surface area contributed by atoms with Crippen molar-refractivity contribution in [2.75, 3.05) is 19.6 Å². The molecular weight excluding hydrogens is 327 g/mol. The SMILES string of the molecule is O=C(C1CC12CCc1ccccc12)N1CCNCC1c1cccc(F)c1. The number of piperazine rings is 1. The van der Waals surface area contributed by atoms with Crippen molar-refractivity contribution in [2.45, 2.75) is 30.7 Å². The summed E-state index contributed by atoms with van der Waals surface area (Å²) in [5, 5.41) is 3.36. The zero-order valence-electron chi connectivity index (χ0n) is 14.7. The van der Waals surface area contributed by atoms with Crippen molar-refractivity contribution >= 4 is 5.91 Å². The summed E-state index contributed by atoms with van der Waals surface area (Å²) in [4.78, 5) is 15.4. The standard InChI is InChI=1S/C22H23FN2O/c23-17-6-3-5-16(12-17)20-14-24-10-11-25(20)21(26)19-13-22(19)9-8-15-4-1-2-7-18(15)22/h1-7,12,19-20,24H,8-11,13-14H2. The van der Waals surface area contributed by atoms with E-state index in [0.29, 0.717) is 13.1 Å². The fourth-order valence-electron chi connectivity index (χ4n) is 5.10. The molecule has 2 aromatic carbocycles. The second-order valence-corrected chi connectivity index (χ2v) is 7.88. The van der Waals surface area contributed by atoms with E-state index in [4.69, 9.17) is 0 Å². The maximum absolute atomic E-state index is 13.7. The quantitative estimate of drug-likeness (QED) is 0.902. The molecule has 0 aromatic heterocycles. The summed E-state index contributed by atoms with van der Waals surface area (Å²) in [6.45, 7) is 2.17. The largest absolute Gasteiger partial charge is 0.333 e. The summed E-state index contributed by atoms with van der Waals surface area (Å²) in [5.41, 5.74) is 3.73. The lowest BCUT2D eigenvalue weighted by Crippen LogP contribution is -2.49. The van der Waals surface area contributed by atoms with Crippen LogP contribution in [0.5, 0.6) is 0 Å². The van der Waals surface area contributed by atoms with Gasteiger partial charge in [0, 0.05) is 31.0 Å². The lowest BCUT2D eigenvalue weighted by atomic mass is 9.94. The van der Waals surface area contributed by atoms with Gasteiger partial charge in [0.15, 0.2) is 0 Å². The van der Waals surface area contributed by atoms with Crippen LogP contribution in [0.3, 0.4) is 0 Å². The van der Waals surface area contributed by atoms with Gasteiger partial charge in [0.25, 0.3) is 0 Å². The number of halogens is 1. The van der Waals surface area contributed by atoms with E-state index in [9.17, 15) is 9.18 Å². The highest BCUT2D eigenvalue weighted by Gasteiger charge is 2.62. The second-order valence-electron chi connectivity index (χ2n) is 7.88. The third-order valence-corrected chi connectivity index (χ3v) is 6.53. The van der Waals surface area contributed by atoms with Crippen LogP contribution in [-0.2, 0) is 16.6 Å². The molecule has 1 amide bonds. The maximum Gasteiger partial charge on any atom is 0.227 e. The molecule has 1 saturated heterocycles. The number of rotatable bonds is 2. The number of carbonyl (C=O) groups is 1. The molecule has 3 unspecified atom stereocenters. The third-order valence-electron chi connectivity index (χ3n) is 6.53. The van der Waals surface area contributed by atoms with Crippen LogP contribution in [0.1, 0.15) is 35.6 Å². The van der Waals surface area contributed by atoms with Crippen LogP contribution in [0.4, 0.5) is 4.39 Å². The van der Waals surface area contributed by atoms with Gasteiger partial charge in [0.2, 0.25) is 5.91 Å². The second kappa shape index (κ2) is 5.92. The number of fused-ring (bicyclic) bond motifs is 2. The van der Waals surface area contributed by atoms with Gasteiger partial charge in [-0.1, -0.05) is 36.4 Å². The van der Waals surface area contributed by atoms with Crippen LogP contribution in [-0.4, -0.2) is 30.4 Å². The van der Waals surface area contributed by atoms with Crippen LogP contribution in [0, 0.1) is 11.7 Å². The predicted octanol–water partition coefficient (Wildman–Crippen LogP) is 3.20. The molecule has 3 aliphatic rings. The molecule has 1 spiro atoms. The first-order valence-electron chi connectivity index (χ1n) is 9.54. The Morgan fingerprint density at radius 2 is 2.08 bits per heavy atom. The van der Waals surface area contributed by atoms with Gasteiger partial charge in [-0.2, -0.15) is 0 Å². The highest BCUT2D eigenvalue weighted by Crippen LogP contribution is 2.62. The normalized spacial score (nSPS) is 29.7. The van der Waals surface area contributed by atoms with Crippen molar-refractivity contribution in [3.05, 3.63) is 71.0 Å². The molecule has 2 fully saturated rings. The predicted molar refractivity (Wildman–Crippen MR) is 98.3 cm³/mol. The van der Waals surface area contributed by atoms with Crippen LogP contribution in [0.2, 0.25) is 0 Å². The van der Waals surface area contributed by atoms with E-state index in [-0.39, 0.29) is 29.1 Å². The minimum atomic E-state index is -0.243. The Morgan fingerprint density at radius 1 is 1.19 bits per heavy atom. The molecule has 1 aliphatic heterocycles. The summed E-state index contributed by atoms with van der Waals surface area (Å²) in [6.07, 6.45) is 3.12. The fourth-order valence-corrected chi connectivity index (χ4v) is 5.10.